The van der Waals surface area contributed by atoms with Crippen molar-refractivity contribution >= 4 is 22.8 Å². The van der Waals surface area contributed by atoms with Crippen molar-refractivity contribution in [1.82, 2.24) is 15.1 Å². The van der Waals surface area contributed by atoms with E-state index in [1.54, 1.807) is 30.2 Å². The third kappa shape index (κ3) is 3.91. The number of rotatable bonds is 5. The van der Waals surface area contributed by atoms with Gasteiger partial charge >= 0.3 is 0 Å². The Hall–Kier alpha value is -3.05. The number of nitrogens with one attached hydrogen (secondary N) is 1. The minimum Gasteiger partial charge on any atom is -0.497 e. The van der Waals surface area contributed by atoms with Crippen molar-refractivity contribution in [3.63, 3.8) is 0 Å². The van der Waals surface area contributed by atoms with Crippen molar-refractivity contribution in [3.05, 3.63) is 30.0 Å². The normalized spacial score (nSPS) is 22.0. The maximum Gasteiger partial charge on any atom is 0.255 e. The molecule has 3 heterocycles. The van der Waals surface area contributed by atoms with E-state index < -0.39 is 0 Å². The molecule has 2 unspecified atom stereocenters. The van der Waals surface area contributed by atoms with Crippen LogP contribution in [0.5, 0.6) is 5.75 Å². The summed E-state index contributed by atoms with van der Waals surface area (Å²) in [7, 11) is 1.58. The topological polar surface area (TPSA) is 98.8 Å². The molecule has 8 nitrogen and oxygen atoms in total. The van der Waals surface area contributed by atoms with Crippen LogP contribution in [0.4, 0.5) is 0 Å². The largest absolute Gasteiger partial charge is 0.497 e. The molecule has 0 radical (unpaired) electrons. The summed E-state index contributed by atoms with van der Waals surface area (Å²) in [6, 6.07) is 7.23. The number of hydrogen-bond acceptors (Lipinski definition) is 6. The quantitative estimate of drug-likeness (QED) is 0.827. The molecular weight excluding hydrogens is 372 g/mol. The van der Waals surface area contributed by atoms with Crippen molar-refractivity contribution in [2.45, 2.75) is 31.3 Å². The second-order valence-electron chi connectivity index (χ2n) is 7.58. The lowest BCUT2D eigenvalue weighted by Crippen LogP contribution is -2.43. The number of methoxy groups -OCH3 is 1. The number of fused-ring (bicyclic) bond motifs is 1. The molecule has 0 spiro atoms. The van der Waals surface area contributed by atoms with Crippen molar-refractivity contribution in [2.24, 2.45) is 0 Å². The zero-order chi connectivity index (χ0) is 20.4. The molecule has 0 aliphatic carbocycles. The van der Waals surface area contributed by atoms with Gasteiger partial charge < -0.3 is 19.4 Å². The monoisotopic (exact) mass is 396 g/mol. The molecule has 2 atom stereocenters. The standard InChI is InChI=1S/C21H24N4O4/c1-28-16-4-5-19-17(9-16)18(13-29-19)21(27)23-14-6-8-24(11-14)12-20(26)25-7-2-3-15(25)10-22/h4-5,9,13-15H,2-3,6-8,11-12H2,1H3,(H,23,27). The van der Waals surface area contributed by atoms with Crippen molar-refractivity contribution in [3.8, 4) is 11.8 Å². The highest BCUT2D eigenvalue weighted by Crippen LogP contribution is 2.26. The minimum atomic E-state index is -0.299. The van der Waals surface area contributed by atoms with Gasteiger partial charge in [-0.3, -0.25) is 14.5 Å². The van der Waals surface area contributed by atoms with E-state index in [0.29, 0.717) is 35.4 Å². The first-order chi connectivity index (χ1) is 14.1. The van der Waals surface area contributed by atoms with E-state index in [1.807, 2.05) is 4.90 Å². The van der Waals surface area contributed by atoms with Gasteiger partial charge in [0.1, 0.15) is 23.6 Å². The lowest BCUT2D eigenvalue weighted by atomic mass is 10.1. The van der Waals surface area contributed by atoms with E-state index in [0.717, 1.165) is 25.8 Å². The first-order valence-corrected chi connectivity index (χ1v) is 9.86. The number of carbonyl (C=O) groups excluding carboxylic acids is 2. The van der Waals surface area contributed by atoms with Gasteiger partial charge in [-0.2, -0.15) is 5.26 Å². The number of benzene rings is 1. The van der Waals surface area contributed by atoms with E-state index in [2.05, 4.69) is 11.4 Å². The number of furan rings is 1. The molecule has 1 N–H and O–H groups in total. The maximum absolute atomic E-state index is 12.8. The van der Waals surface area contributed by atoms with Gasteiger partial charge in [0.15, 0.2) is 0 Å². The lowest BCUT2D eigenvalue weighted by molar-refractivity contribution is -0.132. The molecule has 2 fully saturated rings. The van der Waals surface area contributed by atoms with Crippen molar-refractivity contribution in [2.75, 3.05) is 33.3 Å². The van der Waals surface area contributed by atoms with Crippen LogP contribution >= 0.6 is 0 Å². The minimum absolute atomic E-state index is 0.00560. The highest BCUT2D eigenvalue weighted by atomic mass is 16.5. The highest BCUT2D eigenvalue weighted by Gasteiger charge is 2.32. The summed E-state index contributed by atoms with van der Waals surface area (Å²) in [6.45, 7) is 2.29. The van der Waals surface area contributed by atoms with E-state index in [4.69, 9.17) is 14.4 Å². The van der Waals surface area contributed by atoms with Crippen LogP contribution in [0.15, 0.2) is 28.9 Å². The van der Waals surface area contributed by atoms with Gasteiger partial charge in [0, 0.05) is 31.1 Å². The maximum atomic E-state index is 12.8. The SMILES string of the molecule is COc1ccc2occ(C(=O)NC3CCN(CC(=O)N4CCCC4C#N)C3)c2c1. The summed E-state index contributed by atoms with van der Waals surface area (Å²) in [5, 5.41) is 12.9. The van der Waals surface area contributed by atoms with Crippen LogP contribution < -0.4 is 10.1 Å². The van der Waals surface area contributed by atoms with E-state index in [9.17, 15) is 9.59 Å². The molecule has 1 aromatic heterocycles. The predicted molar refractivity (Wildman–Crippen MR) is 105 cm³/mol. The second kappa shape index (κ2) is 8.13. The van der Waals surface area contributed by atoms with Gasteiger partial charge in [0.05, 0.1) is 25.3 Å². The number of nitrogens with zero attached hydrogens (tertiary/aromatic N) is 3. The smallest absolute Gasteiger partial charge is 0.255 e. The molecule has 8 heteroatoms. The summed E-state index contributed by atoms with van der Waals surface area (Å²) in [5.74, 6) is 0.462. The lowest BCUT2D eigenvalue weighted by Gasteiger charge is -2.23. The third-order valence-corrected chi connectivity index (χ3v) is 5.71. The Bertz CT molecular complexity index is 963. The summed E-state index contributed by atoms with van der Waals surface area (Å²) < 4.78 is 10.7. The number of ether oxygens (including phenoxy) is 1. The Morgan fingerprint density at radius 3 is 3.00 bits per heavy atom. The Kier molecular flexibility index (Phi) is 5.41. The van der Waals surface area contributed by atoms with E-state index in [-0.39, 0.29) is 30.4 Å². The fourth-order valence-corrected chi connectivity index (χ4v) is 4.15. The number of hydrogen-bond donors (Lipinski definition) is 1. The van der Waals surface area contributed by atoms with Crippen LogP contribution in [0.3, 0.4) is 0 Å². The van der Waals surface area contributed by atoms with Crippen LogP contribution in [0, 0.1) is 11.3 Å². The molecule has 2 aliphatic heterocycles. The van der Waals surface area contributed by atoms with E-state index in [1.165, 1.54) is 6.26 Å². The highest BCUT2D eigenvalue weighted by molar-refractivity contribution is 6.06. The Morgan fingerprint density at radius 1 is 1.34 bits per heavy atom. The van der Waals surface area contributed by atoms with Gasteiger partial charge in [-0.05, 0) is 37.5 Å². The van der Waals surface area contributed by atoms with Crippen LogP contribution in [0.2, 0.25) is 0 Å². The molecular formula is C21H24N4O4. The summed E-state index contributed by atoms with van der Waals surface area (Å²) >= 11 is 0. The molecule has 2 aliphatic rings. The van der Waals surface area contributed by atoms with Crippen LogP contribution in [-0.4, -0.2) is 67.0 Å². The van der Waals surface area contributed by atoms with Gasteiger partial charge in [0.2, 0.25) is 5.91 Å². The first kappa shape index (κ1) is 19.3. The van der Waals surface area contributed by atoms with Crippen LogP contribution in [-0.2, 0) is 4.79 Å². The molecule has 2 saturated heterocycles. The summed E-state index contributed by atoms with van der Waals surface area (Å²) in [6.07, 6.45) is 3.88. The molecule has 29 heavy (non-hydrogen) atoms. The predicted octanol–water partition coefficient (Wildman–Crippen LogP) is 1.76. The number of likely N-dealkylation sites (tertiary alicyclic amines) is 2. The van der Waals surface area contributed by atoms with Crippen LogP contribution in [0.25, 0.3) is 11.0 Å². The van der Waals surface area contributed by atoms with Crippen molar-refractivity contribution < 1.29 is 18.7 Å². The van der Waals surface area contributed by atoms with Gasteiger partial charge in [-0.15, -0.1) is 0 Å². The molecule has 152 valence electrons. The molecule has 2 amide bonds. The summed E-state index contributed by atoms with van der Waals surface area (Å²) in [4.78, 5) is 29.0. The Balaban J connectivity index is 1.35. The Morgan fingerprint density at radius 2 is 2.21 bits per heavy atom. The molecule has 1 aromatic carbocycles. The van der Waals surface area contributed by atoms with Gasteiger partial charge in [-0.1, -0.05) is 0 Å². The molecule has 0 bridgehead atoms. The fourth-order valence-electron chi connectivity index (χ4n) is 4.15. The zero-order valence-electron chi connectivity index (χ0n) is 16.4. The van der Waals surface area contributed by atoms with E-state index >= 15 is 0 Å². The zero-order valence-corrected chi connectivity index (χ0v) is 16.4. The van der Waals surface area contributed by atoms with Crippen LogP contribution in [0.1, 0.15) is 29.6 Å². The number of nitriles is 1. The summed E-state index contributed by atoms with van der Waals surface area (Å²) in [5.41, 5.74) is 1.11. The molecule has 2 aromatic rings. The van der Waals surface area contributed by atoms with Gasteiger partial charge in [0.25, 0.3) is 5.91 Å². The third-order valence-electron chi connectivity index (χ3n) is 5.71. The Labute approximate surface area is 169 Å². The molecule has 4 rings (SSSR count). The average Bonchev–Trinajstić information content (AvgIpc) is 3.46. The fraction of sp³-hybridized carbons (Fsp3) is 0.476. The first-order valence-electron chi connectivity index (χ1n) is 9.86. The number of carbonyl (C=O) groups is 2. The number of amides is 2. The van der Waals surface area contributed by atoms with Crippen molar-refractivity contribution in [1.29, 1.82) is 5.26 Å². The average molecular weight is 396 g/mol. The molecule has 0 saturated carbocycles. The second-order valence-corrected chi connectivity index (χ2v) is 7.58. The van der Waals surface area contributed by atoms with Gasteiger partial charge in [-0.25, -0.2) is 0 Å².